The lowest BCUT2D eigenvalue weighted by molar-refractivity contribution is 0.102. The molecule has 0 amide bonds. The van der Waals surface area contributed by atoms with E-state index in [0.29, 0.717) is 28.8 Å². The van der Waals surface area contributed by atoms with Gasteiger partial charge in [0.1, 0.15) is 11.5 Å². The normalized spacial score (nSPS) is 10.5. The molecular formula is C19H21N5O3S. The van der Waals surface area contributed by atoms with Gasteiger partial charge in [-0.2, -0.15) is 0 Å². The number of rotatable bonds is 9. The number of thioether (sulfide) groups is 1. The number of carbonyl (C=O) groups is 1. The average molecular weight is 399 g/mol. The van der Waals surface area contributed by atoms with Gasteiger partial charge in [0.05, 0.1) is 26.5 Å². The van der Waals surface area contributed by atoms with Gasteiger partial charge >= 0.3 is 0 Å². The molecule has 28 heavy (non-hydrogen) atoms. The zero-order chi connectivity index (χ0) is 19.9. The van der Waals surface area contributed by atoms with Crippen LogP contribution in [0.1, 0.15) is 16.2 Å². The molecule has 146 valence electrons. The summed E-state index contributed by atoms with van der Waals surface area (Å²) in [5.41, 5.74) is 1.52. The Hall–Kier alpha value is -3.20. The predicted molar refractivity (Wildman–Crippen MR) is 109 cm³/mol. The van der Waals surface area contributed by atoms with Crippen molar-refractivity contribution in [1.29, 1.82) is 0 Å². The molecule has 3 aromatic rings. The van der Waals surface area contributed by atoms with Gasteiger partial charge in [-0.15, -0.1) is 10.2 Å². The Morgan fingerprint density at radius 1 is 1.04 bits per heavy atom. The number of hydrogen-bond acceptors (Lipinski definition) is 8. The summed E-state index contributed by atoms with van der Waals surface area (Å²) in [5.74, 6) is 8.31. The van der Waals surface area contributed by atoms with Gasteiger partial charge in [-0.25, -0.2) is 4.68 Å². The summed E-state index contributed by atoms with van der Waals surface area (Å²) in [4.78, 5) is 12.3. The SMILES string of the molecule is COc1ccc(NCc2nnc(SCC(=O)c3ccc(OC)cc3)n2N)cc1. The lowest BCUT2D eigenvalue weighted by Crippen LogP contribution is -2.17. The lowest BCUT2D eigenvalue weighted by Gasteiger charge is -2.07. The second kappa shape index (κ2) is 9.14. The van der Waals surface area contributed by atoms with Crippen LogP contribution in [0.25, 0.3) is 0 Å². The van der Waals surface area contributed by atoms with Gasteiger partial charge in [-0.3, -0.25) is 4.79 Å². The number of nitrogens with one attached hydrogen (secondary N) is 1. The predicted octanol–water partition coefficient (Wildman–Crippen LogP) is 2.60. The molecule has 0 fully saturated rings. The average Bonchev–Trinajstić information content (AvgIpc) is 3.10. The van der Waals surface area contributed by atoms with Crippen molar-refractivity contribution in [1.82, 2.24) is 14.9 Å². The Balaban J connectivity index is 1.55. The highest BCUT2D eigenvalue weighted by molar-refractivity contribution is 7.99. The third-order valence-corrected chi connectivity index (χ3v) is 4.96. The fourth-order valence-electron chi connectivity index (χ4n) is 2.41. The van der Waals surface area contributed by atoms with Crippen molar-refractivity contribution in [3.05, 3.63) is 59.9 Å². The largest absolute Gasteiger partial charge is 0.497 e. The summed E-state index contributed by atoms with van der Waals surface area (Å²) in [6.07, 6.45) is 0. The Bertz CT molecular complexity index is 926. The highest BCUT2D eigenvalue weighted by Gasteiger charge is 2.13. The molecule has 0 spiro atoms. The Kier molecular flexibility index (Phi) is 6.38. The first-order valence-corrected chi connectivity index (χ1v) is 9.46. The lowest BCUT2D eigenvalue weighted by atomic mass is 10.1. The summed E-state index contributed by atoms with van der Waals surface area (Å²) >= 11 is 1.25. The minimum atomic E-state index is -0.0199. The van der Waals surface area contributed by atoms with Crippen LogP contribution >= 0.6 is 11.8 Å². The molecule has 0 unspecified atom stereocenters. The Morgan fingerprint density at radius 3 is 2.25 bits per heavy atom. The first-order chi connectivity index (χ1) is 13.6. The van der Waals surface area contributed by atoms with Crippen molar-refractivity contribution in [2.45, 2.75) is 11.7 Å². The molecule has 0 saturated heterocycles. The number of nitrogens with zero attached hydrogens (tertiary/aromatic N) is 3. The van der Waals surface area contributed by atoms with Crippen LogP contribution in [-0.4, -0.2) is 40.6 Å². The molecule has 9 heteroatoms. The molecule has 8 nitrogen and oxygen atoms in total. The van der Waals surface area contributed by atoms with E-state index in [1.165, 1.54) is 16.4 Å². The highest BCUT2D eigenvalue weighted by atomic mass is 32.2. The fourth-order valence-corrected chi connectivity index (χ4v) is 3.18. The van der Waals surface area contributed by atoms with Crippen LogP contribution in [0.4, 0.5) is 5.69 Å². The number of nitrogen functional groups attached to an aromatic ring is 1. The molecule has 0 bridgehead atoms. The smallest absolute Gasteiger partial charge is 0.210 e. The zero-order valence-corrected chi connectivity index (χ0v) is 16.4. The van der Waals surface area contributed by atoms with Gasteiger partial charge in [0.2, 0.25) is 5.16 Å². The second-order valence-corrected chi connectivity index (χ2v) is 6.73. The first kappa shape index (κ1) is 19.6. The number of ketones is 1. The van der Waals surface area contributed by atoms with Crippen molar-refractivity contribution < 1.29 is 14.3 Å². The fraction of sp³-hybridized carbons (Fsp3) is 0.211. The monoisotopic (exact) mass is 399 g/mol. The maximum atomic E-state index is 12.3. The molecular weight excluding hydrogens is 378 g/mol. The summed E-state index contributed by atoms with van der Waals surface area (Å²) in [6.45, 7) is 0.406. The number of anilines is 1. The van der Waals surface area contributed by atoms with E-state index in [0.717, 1.165) is 11.4 Å². The van der Waals surface area contributed by atoms with Gasteiger partial charge in [0.25, 0.3) is 0 Å². The molecule has 0 radical (unpaired) electrons. The number of ether oxygens (including phenoxy) is 2. The van der Waals surface area contributed by atoms with Gasteiger partial charge in [0, 0.05) is 11.3 Å². The number of Topliss-reactive ketones (excluding diaryl/α,β-unsaturated/α-hetero) is 1. The van der Waals surface area contributed by atoms with Gasteiger partial charge < -0.3 is 20.6 Å². The molecule has 2 aromatic carbocycles. The van der Waals surface area contributed by atoms with Crippen LogP contribution in [0.2, 0.25) is 0 Å². The van der Waals surface area contributed by atoms with Crippen LogP contribution < -0.4 is 20.6 Å². The Labute approximate surface area is 167 Å². The van der Waals surface area contributed by atoms with Crippen molar-refractivity contribution in [2.75, 3.05) is 31.1 Å². The third-order valence-electron chi connectivity index (χ3n) is 4.02. The van der Waals surface area contributed by atoms with Crippen LogP contribution in [0.5, 0.6) is 11.5 Å². The Morgan fingerprint density at radius 2 is 1.64 bits per heavy atom. The van der Waals surface area contributed by atoms with E-state index in [-0.39, 0.29) is 11.5 Å². The quantitative estimate of drug-likeness (QED) is 0.321. The third kappa shape index (κ3) is 4.74. The minimum absolute atomic E-state index is 0.0199. The standard InChI is InChI=1S/C19H21N5O3S/c1-26-15-7-3-13(4-8-15)17(25)12-28-19-23-22-18(24(19)20)11-21-14-5-9-16(27-2)10-6-14/h3-10,21H,11-12,20H2,1-2H3. The number of benzene rings is 2. The number of methoxy groups -OCH3 is 2. The van der Waals surface area contributed by atoms with E-state index in [2.05, 4.69) is 15.5 Å². The maximum Gasteiger partial charge on any atom is 0.210 e. The van der Waals surface area contributed by atoms with Crippen molar-refractivity contribution >= 4 is 23.2 Å². The summed E-state index contributed by atoms with van der Waals surface area (Å²) in [6, 6.07) is 14.5. The van der Waals surface area contributed by atoms with E-state index < -0.39 is 0 Å². The van der Waals surface area contributed by atoms with Gasteiger partial charge in [-0.1, -0.05) is 11.8 Å². The van der Waals surface area contributed by atoms with Gasteiger partial charge in [0.15, 0.2) is 11.6 Å². The number of hydrogen-bond donors (Lipinski definition) is 2. The maximum absolute atomic E-state index is 12.3. The zero-order valence-electron chi connectivity index (χ0n) is 15.6. The van der Waals surface area contributed by atoms with E-state index in [1.807, 2.05) is 24.3 Å². The number of nitrogens with two attached hydrogens (primary N) is 1. The van der Waals surface area contributed by atoms with Gasteiger partial charge in [-0.05, 0) is 48.5 Å². The second-order valence-electron chi connectivity index (χ2n) is 5.79. The first-order valence-electron chi connectivity index (χ1n) is 8.48. The van der Waals surface area contributed by atoms with E-state index in [9.17, 15) is 4.79 Å². The van der Waals surface area contributed by atoms with Crippen molar-refractivity contribution in [3.8, 4) is 11.5 Å². The summed E-state index contributed by atoms with van der Waals surface area (Å²) < 4.78 is 11.6. The molecule has 0 aliphatic carbocycles. The molecule has 1 heterocycles. The van der Waals surface area contributed by atoms with Crippen molar-refractivity contribution in [3.63, 3.8) is 0 Å². The number of aromatic nitrogens is 3. The minimum Gasteiger partial charge on any atom is -0.497 e. The van der Waals surface area contributed by atoms with Crippen LogP contribution in [0, 0.1) is 0 Å². The van der Waals surface area contributed by atoms with E-state index in [1.54, 1.807) is 38.5 Å². The van der Waals surface area contributed by atoms with Crippen LogP contribution in [0.3, 0.4) is 0 Å². The van der Waals surface area contributed by atoms with Crippen LogP contribution in [-0.2, 0) is 6.54 Å². The topological polar surface area (TPSA) is 104 Å². The molecule has 0 aliphatic heterocycles. The summed E-state index contributed by atoms with van der Waals surface area (Å²) in [7, 11) is 3.21. The van der Waals surface area contributed by atoms with Crippen molar-refractivity contribution in [2.24, 2.45) is 0 Å². The van der Waals surface area contributed by atoms with E-state index >= 15 is 0 Å². The molecule has 3 N–H and O–H groups in total. The molecule has 0 atom stereocenters. The molecule has 1 aromatic heterocycles. The highest BCUT2D eigenvalue weighted by Crippen LogP contribution is 2.19. The molecule has 0 aliphatic rings. The van der Waals surface area contributed by atoms with E-state index in [4.69, 9.17) is 15.3 Å². The summed E-state index contributed by atoms with van der Waals surface area (Å²) in [5, 5.41) is 11.9. The molecule has 3 rings (SSSR count). The number of carbonyl (C=O) groups excluding carboxylic acids is 1. The van der Waals surface area contributed by atoms with Crippen LogP contribution in [0.15, 0.2) is 53.7 Å². The molecule has 0 saturated carbocycles.